The molecule has 0 saturated heterocycles. The Bertz CT molecular complexity index is 1730. The number of benzene rings is 3. The Morgan fingerprint density at radius 3 is 2.47 bits per heavy atom. The van der Waals surface area contributed by atoms with Gasteiger partial charge in [0, 0.05) is 12.3 Å². The number of rotatable bonds is 8. The van der Waals surface area contributed by atoms with E-state index in [4.69, 9.17) is 4.74 Å². The summed E-state index contributed by atoms with van der Waals surface area (Å²) >= 11 is 0. The molecule has 5 aromatic rings. The summed E-state index contributed by atoms with van der Waals surface area (Å²) in [5, 5.41) is 2.86. The minimum Gasteiger partial charge on any atom is -0.491 e. The van der Waals surface area contributed by atoms with Crippen molar-refractivity contribution in [3.63, 3.8) is 0 Å². The van der Waals surface area contributed by atoms with Crippen molar-refractivity contribution in [3.05, 3.63) is 134 Å². The van der Waals surface area contributed by atoms with E-state index in [1.807, 2.05) is 30.3 Å². The SMILES string of the molecule is O=C(NC(COc1ccc2[nH]c(=O)[nH]c2c1)c1ccccc1)c1cccn(Cc2ccc(F)c(F)c2)c1=O. The molecule has 2 heterocycles. The van der Waals surface area contributed by atoms with Gasteiger partial charge in [0.05, 0.1) is 23.6 Å². The highest BCUT2D eigenvalue weighted by atomic mass is 19.2. The molecule has 5 rings (SSSR count). The van der Waals surface area contributed by atoms with Gasteiger partial charge in [-0.1, -0.05) is 36.4 Å². The third-order valence-corrected chi connectivity index (χ3v) is 6.01. The van der Waals surface area contributed by atoms with E-state index < -0.39 is 29.1 Å². The molecule has 1 unspecified atom stereocenters. The Labute approximate surface area is 214 Å². The number of pyridine rings is 1. The fraction of sp³-hybridized carbons (Fsp3) is 0.107. The maximum Gasteiger partial charge on any atom is 0.323 e. The lowest BCUT2D eigenvalue weighted by Crippen LogP contribution is -2.37. The van der Waals surface area contributed by atoms with Gasteiger partial charge in [0.25, 0.3) is 11.5 Å². The van der Waals surface area contributed by atoms with E-state index >= 15 is 0 Å². The maximum absolute atomic E-state index is 13.6. The lowest BCUT2D eigenvalue weighted by atomic mass is 10.1. The molecule has 38 heavy (non-hydrogen) atoms. The molecular weight excluding hydrogens is 494 g/mol. The van der Waals surface area contributed by atoms with Crippen molar-refractivity contribution in [2.24, 2.45) is 0 Å². The fourth-order valence-corrected chi connectivity index (χ4v) is 4.09. The highest BCUT2D eigenvalue weighted by Gasteiger charge is 2.20. The monoisotopic (exact) mass is 516 g/mol. The molecule has 0 aliphatic heterocycles. The Morgan fingerprint density at radius 1 is 0.895 bits per heavy atom. The highest BCUT2D eigenvalue weighted by Crippen LogP contribution is 2.20. The lowest BCUT2D eigenvalue weighted by molar-refractivity contribution is 0.0919. The van der Waals surface area contributed by atoms with Crippen LogP contribution in [0.3, 0.4) is 0 Å². The molecule has 0 bridgehead atoms. The summed E-state index contributed by atoms with van der Waals surface area (Å²) in [6, 6.07) is 19.9. The first-order valence-electron chi connectivity index (χ1n) is 11.7. The Balaban J connectivity index is 1.36. The van der Waals surface area contributed by atoms with Crippen LogP contribution >= 0.6 is 0 Å². The largest absolute Gasteiger partial charge is 0.491 e. The van der Waals surface area contributed by atoms with Gasteiger partial charge in [0.1, 0.15) is 17.9 Å². The van der Waals surface area contributed by atoms with Crippen molar-refractivity contribution in [2.75, 3.05) is 6.61 Å². The summed E-state index contributed by atoms with van der Waals surface area (Å²) < 4.78 is 34.1. The predicted molar refractivity (Wildman–Crippen MR) is 137 cm³/mol. The van der Waals surface area contributed by atoms with E-state index in [0.717, 1.165) is 17.7 Å². The number of fused-ring (bicyclic) bond motifs is 1. The van der Waals surface area contributed by atoms with Gasteiger partial charge in [-0.05, 0) is 47.5 Å². The van der Waals surface area contributed by atoms with E-state index in [9.17, 15) is 23.2 Å². The number of carbonyl (C=O) groups is 1. The van der Waals surface area contributed by atoms with E-state index in [0.29, 0.717) is 22.3 Å². The van der Waals surface area contributed by atoms with Crippen molar-refractivity contribution >= 4 is 16.9 Å². The van der Waals surface area contributed by atoms with Crippen LogP contribution in [0, 0.1) is 11.6 Å². The molecule has 8 nitrogen and oxygen atoms in total. The van der Waals surface area contributed by atoms with Gasteiger partial charge in [0.2, 0.25) is 0 Å². The minimum atomic E-state index is -1.02. The first-order valence-corrected chi connectivity index (χ1v) is 11.7. The number of amides is 1. The Hall–Kier alpha value is -4.99. The summed E-state index contributed by atoms with van der Waals surface area (Å²) in [4.78, 5) is 43.1. The van der Waals surface area contributed by atoms with Crippen LogP contribution in [0.15, 0.2) is 94.6 Å². The van der Waals surface area contributed by atoms with Crippen LogP contribution < -0.4 is 21.3 Å². The number of nitrogens with zero attached hydrogens (tertiary/aromatic N) is 1. The first-order chi connectivity index (χ1) is 18.4. The molecular formula is C28H22F2N4O4. The molecule has 0 fully saturated rings. The average Bonchev–Trinajstić information content (AvgIpc) is 3.29. The van der Waals surface area contributed by atoms with Gasteiger partial charge in [-0.2, -0.15) is 0 Å². The van der Waals surface area contributed by atoms with Crippen molar-refractivity contribution < 1.29 is 18.3 Å². The number of carbonyl (C=O) groups excluding carboxylic acids is 1. The van der Waals surface area contributed by atoms with Crippen LogP contribution in [0.2, 0.25) is 0 Å². The summed E-state index contributed by atoms with van der Waals surface area (Å²) in [6.45, 7) is 0.0118. The Kier molecular flexibility index (Phi) is 6.86. The van der Waals surface area contributed by atoms with Crippen LogP contribution in [0.4, 0.5) is 8.78 Å². The number of hydrogen-bond donors (Lipinski definition) is 3. The fourth-order valence-electron chi connectivity index (χ4n) is 4.09. The van der Waals surface area contributed by atoms with Crippen molar-refractivity contribution in [3.8, 4) is 5.75 Å². The topological polar surface area (TPSA) is 109 Å². The number of nitrogens with one attached hydrogen (secondary N) is 3. The van der Waals surface area contributed by atoms with Gasteiger partial charge in [0.15, 0.2) is 11.6 Å². The van der Waals surface area contributed by atoms with Gasteiger partial charge in [-0.3, -0.25) is 9.59 Å². The average molecular weight is 517 g/mol. The molecule has 3 aromatic carbocycles. The van der Waals surface area contributed by atoms with Crippen molar-refractivity contribution in [2.45, 2.75) is 12.6 Å². The molecule has 0 aliphatic carbocycles. The quantitative estimate of drug-likeness (QED) is 0.291. The second-order valence-electron chi connectivity index (χ2n) is 8.64. The summed E-state index contributed by atoms with van der Waals surface area (Å²) in [5.41, 5.74) is 1.34. The van der Waals surface area contributed by atoms with Gasteiger partial charge < -0.3 is 24.6 Å². The van der Waals surface area contributed by atoms with Crippen molar-refractivity contribution in [1.29, 1.82) is 0 Å². The first kappa shape index (κ1) is 24.7. The van der Waals surface area contributed by atoms with Crippen LogP contribution in [0.25, 0.3) is 11.0 Å². The summed E-state index contributed by atoms with van der Waals surface area (Å²) in [7, 11) is 0. The van der Waals surface area contributed by atoms with Gasteiger partial charge in [-0.25, -0.2) is 13.6 Å². The van der Waals surface area contributed by atoms with E-state index in [1.165, 1.54) is 29.0 Å². The summed E-state index contributed by atoms with van der Waals surface area (Å²) in [6.07, 6.45) is 1.47. The van der Waals surface area contributed by atoms with Crippen LogP contribution in [-0.2, 0) is 6.54 Å². The summed E-state index contributed by atoms with van der Waals surface area (Å²) in [5.74, 6) is -2.13. The van der Waals surface area contributed by atoms with Crippen molar-refractivity contribution in [1.82, 2.24) is 19.9 Å². The minimum absolute atomic E-state index is 0.0356. The molecule has 10 heteroatoms. The predicted octanol–water partition coefficient (Wildman–Crippen LogP) is 3.89. The van der Waals surface area contributed by atoms with Crippen LogP contribution in [0.1, 0.15) is 27.5 Å². The number of aromatic nitrogens is 3. The second-order valence-corrected chi connectivity index (χ2v) is 8.64. The normalized spacial score (nSPS) is 11.8. The van der Waals surface area contributed by atoms with Gasteiger partial charge >= 0.3 is 5.69 Å². The number of halogens is 2. The molecule has 0 radical (unpaired) electrons. The van der Waals surface area contributed by atoms with Gasteiger partial charge in [-0.15, -0.1) is 0 Å². The third kappa shape index (κ3) is 5.39. The molecule has 1 atom stereocenters. The Morgan fingerprint density at radius 2 is 1.68 bits per heavy atom. The zero-order valence-electron chi connectivity index (χ0n) is 19.9. The molecule has 3 N–H and O–H groups in total. The number of ether oxygens (including phenoxy) is 1. The smallest absolute Gasteiger partial charge is 0.323 e. The number of hydrogen-bond acceptors (Lipinski definition) is 4. The standard InChI is InChI=1S/C28H22F2N4O4/c29-21-10-8-17(13-22(21)30)15-34-12-4-7-20(27(34)36)26(35)31-25(18-5-2-1-3-6-18)16-38-19-9-11-23-24(14-19)33-28(37)32-23/h1-14,25H,15-16H2,(H,31,35)(H2,32,33,37). The number of H-pyrrole nitrogens is 2. The zero-order valence-corrected chi connectivity index (χ0v) is 19.9. The number of imidazole rings is 1. The van der Waals surface area contributed by atoms with Crippen LogP contribution in [-0.4, -0.2) is 27.0 Å². The molecule has 2 aromatic heterocycles. The third-order valence-electron chi connectivity index (χ3n) is 6.01. The van der Waals surface area contributed by atoms with E-state index in [2.05, 4.69) is 15.3 Å². The molecule has 0 aliphatic rings. The molecule has 0 spiro atoms. The molecule has 1 amide bonds. The second kappa shape index (κ2) is 10.6. The molecule has 192 valence electrons. The maximum atomic E-state index is 13.6. The van der Waals surface area contributed by atoms with E-state index in [1.54, 1.807) is 18.2 Å². The molecule has 0 saturated carbocycles. The number of aromatic amines is 2. The van der Waals surface area contributed by atoms with E-state index in [-0.39, 0.29) is 24.4 Å². The highest BCUT2D eigenvalue weighted by molar-refractivity contribution is 5.94. The zero-order chi connectivity index (χ0) is 26.6. The van der Waals surface area contributed by atoms with Crippen LogP contribution in [0.5, 0.6) is 5.75 Å². The lowest BCUT2D eigenvalue weighted by Gasteiger charge is -2.20.